The third kappa shape index (κ3) is 3.16. The van der Waals surface area contributed by atoms with E-state index in [2.05, 4.69) is 20.8 Å². The highest BCUT2D eigenvalue weighted by molar-refractivity contribution is 7.80. The molecule has 0 unspecified atom stereocenters. The maximum absolute atomic E-state index is 12.2. The first-order valence-corrected chi connectivity index (χ1v) is 6.43. The van der Waals surface area contributed by atoms with Gasteiger partial charge in [0.15, 0.2) is 0 Å². The molecule has 0 aliphatic heterocycles. The third-order valence-corrected chi connectivity index (χ3v) is 3.02. The standard InChI is InChI=1S/C13H20N2OS/c1-4-5-8-15-11(9(2)3)7-6-10(12(14)17)13(15)16/h6-7,9H,4-5,8H2,1-3H3,(H2,14,17). The molecule has 4 heteroatoms. The summed E-state index contributed by atoms with van der Waals surface area (Å²) in [6, 6.07) is 3.69. The number of thiocarbonyl (C=S) groups is 1. The lowest BCUT2D eigenvalue weighted by atomic mass is 10.1. The molecule has 2 N–H and O–H groups in total. The summed E-state index contributed by atoms with van der Waals surface area (Å²) in [5, 5.41) is 0. The van der Waals surface area contributed by atoms with Gasteiger partial charge in [-0.25, -0.2) is 0 Å². The van der Waals surface area contributed by atoms with Gasteiger partial charge in [-0.15, -0.1) is 0 Å². The number of unbranched alkanes of at least 4 members (excludes halogenated alkanes) is 1. The second-order valence-electron chi connectivity index (χ2n) is 4.50. The minimum atomic E-state index is -0.0582. The summed E-state index contributed by atoms with van der Waals surface area (Å²) in [7, 11) is 0. The quantitative estimate of drug-likeness (QED) is 0.819. The van der Waals surface area contributed by atoms with Crippen LogP contribution in [0.3, 0.4) is 0 Å². The Kier molecular flexibility index (Phi) is 4.87. The average Bonchev–Trinajstić information content (AvgIpc) is 2.26. The van der Waals surface area contributed by atoms with E-state index in [1.165, 1.54) is 0 Å². The van der Waals surface area contributed by atoms with E-state index < -0.39 is 0 Å². The van der Waals surface area contributed by atoms with Crippen LogP contribution < -0.4 is 11.3 Å². The smallest absolute Gasteiger partial charge is 0.261 e. The second kappa shape index (κ2) is 5.96. The largest absolute Gasteiger partial charge is 0.389 e. The Morgan fingerprint density at radius 3 is 2.59 bits per heavy atom. The molecule has 1 aromatic heterocycles. The molecular weight excluding hydrogens is 232 g/mol. The summed E-state index contributed by atoms with van der Waals surface area (Å²) >= 11 is 4.90. The molecule has 0 aliphatic carbocycles. The van der Waals surface area contributed by atoms with Crippen LogP contribution in [0.15, 0.2) is 16.9 Å². The van der Waals surface area contributed by atoms with Crippen molar-refractivity contribution in [2.75, 3.05) is 0 Å². The van der Waals surface area contributed by atoms with Crippen molar-refractivity contribution in [3.8, 4) is 0 Å². The molecule has 0 saturated carbocycles. The van der Waals surface area contributed by atoms with Gasteiger partial charge in [0.05, 0.1) is 5.56 Å². The van der Waals surface area contributed by atoms with Crippen molar-refractivity contribution in [3.05, 3.63) is 33.7 Å². The van der Waals surface area contributed by atoms with Crippen molar-refractivity contribution in [1.82, 2.24) is 4.57 Å². The van der Waals surface area contributed by atoms with E-state index in [1.807, 2.05) is 10.6 Å². The molecule has 0 fully saturated rings. The van der Waals surface area contributed by atoms with E-state index in [9.17, 15) is 4.79 Å². The molecule has 1 rings (SSSR count). The van der Waals surface area contributed by atoms with Gasteiger partial charge in [0.25, 0.3) is 5.56 Å². The zero-order chi connectivity index (χ0) is 13.0. The highest BCUT2D eigenvalue weighted by atomic mass is 32.1. The van der Waals surface area contributed by atoms with Gasteiger partial charge in [-0.2, -0.15) is 0 Å². The summed E-state index contributed by atoms with van der Waals surface area (Å²) in [6.07, 6.45) is 2.04. The maximum Gasteiger partial charge on any atom is 0.261 e. The first-order chi connectivity index (χ1) is 7.99. The van der Waals surface area contributed by atoms with Crippen molar-refractivity contribution < 1.29 is 0 Å². The zero-order valence-corrected chi connectivity index (χ0v) is 11.5. The summed E-state index contributed by atoms with van der Waals surface area (Å²) < 4.78 is 1.81. The van der Waals surface area contributed by atoms with E-state index in [4.69, 9.17) is 18.0 Å². The first-order valence-electron chi connectivity index (χ1n) is 6.02. The molecule has 0 amide bonds. The van der Waals surface area contributed by atoms with E-state index >= 15 is 0 Å². The van der Waals surface area contributed by atoms with Crippen molar-refractivity contribution in [1.29, 1.82) is 0 Å². The lowest BCUT2D eigenvalue weighted by Crippen LogP contribution is -2.31. The van der Waals surface area contributed by atoms with Crippen LogP contribution in [-0.2, 0) is 6.54 Å². The van der Waals surface area contributed by atoms with Crippen LogP contribution in [0, 0.1) is 0 Å². The number of aromatic nitrogens is 1. The predicted molar refractivity (Wildman–Crippen MR) is 75.6 cm³/mol. The van der Waals surface area contributed by atoms with Crippen LogP contribution in [0.5, 0.6) is 0 Å². The zero-order valence-electron chi connectivity index (χ0n) is 10.7. The Bertz CT molecular complexity index is 463. The van der Waals surface area contributed by atoms with Crippen LogP contribution in [0.4, 0.5) is 0 Å². The van der Waals surface area contributed by atoms with Crippen LogP contribution in [0.25, 0.3) is 0 Å². The Labute approximate surface area is 108 Å². The number of hydrogen-bond donors (Lipinski definition) is 1. The average molecular weight is 252 g/mol. The molecular formula is C13H20N2OS. The predicted octanol–water partition coefficient (Wildman–Crippen LogP) is 2.41. The van der Waals surface area contributed by atoms with Gasteiger partial charge >= 0.3 is 0 Å². The molecule has 0 aliphatic rings. The van der Waals surface area contributed by atoms with Gasteiger partial charge in [-0.1, -0.05) is 39.4 Å². The van der Waals surface area contributed by atoms with Gasteiger partial charge in [0.1, 0.15) is 4.99 Å². The number of pyridine rings is 1. The van der Waals surface area contributed by atoms with E-state index in [1.54, 1.807) is 6.07 Å². The fourth-order valence-corrected chi connectivity index (χ4v) is 1.99. The van der Waals surface area contributed by atoms with Crippen LogP contribution >= 0.6 is 12.2 Å². The number of nitrogens with zero attached hydrogens (tertiary/aromatic N) is 1. The Morgan fingerprint density at radius 1 is 1.47 bits per heavy atom. The van der Waals surface area contributed by atoms with Crippen LogP contribution in [-0.4, -0.2) is 9.56 Å². The molecule has 0 radical (unpaired) electrons. The van der Waals surface area contributed by atoms with E-state index in [0.29, 0.717) is 11.5 Å². The lowest BCUT2D eigenvalue weighted by molar-refractivity contribution is 0.569. The van der Waals surface area contributed by atoms with E-state index in [-0.39, 0.29) is 10.5 Å². The fraction of sp³-hybridized carbons (Fsp3) is 0.538. The van der Waals surface area contributed by atoms with E-state index in [0.717, 1.165) is 25.1 Å². The lowest BCUT2D eigenvalue weighted by Gasteiger charge is -2.16. The molecule has 94 valence electrons. The third-order valence-electron chi connectivity index (χ3n) is 2.80. The van der Waals surface area contributed by atoms with Gasteiger partial charge in [-0.05, 0) is 24.5 Å². The summed E-state index contributed by atoms with van der Waals surface area (Å²) in [4.78, 5) is 12.4. The van der Waals surface area contributed by atoms with Crippen molar-refractivity contribution in [2.24, 2.45) is 5.73 Å². The Morgan fingerprint density at radius 2 is 2.12 bits per heavy atom. The van der Waals surface area contributed by atoms with Crippen LogP contribution in [0.1, 0.15) is 50.8 Å². The summed E-state index contributed by atoms with van der Waals surface area (Å²) in [6.45, 7) is 7.01. The molecule has 0 saturated heterocycles. The highest BCUT2D eigenvalue weighted by Crippen LogP contribution is 2.13. The molecule has 1 aromatic rings. The van der Waals surface area contributed by atoms with Gasteiger partial charge < -0.3 is 10.3 Å². The van der Waals surface area contributed by atoms with Gasteiger partial charge in [-0.3, -0.25) is 4.79 Å². The number of nitrogens with two attached hydrogens (primary N) is 1. The van der Waals surface area contributed by atoms with Crippen molar-refractivity contribution >= 4 is 17.2 Å². The Hall–Kier alpha value is -1.16. The molecule has 0 atom stereocenters. The summed E-state index contributed by atoms with van der Waals surface area (Å²) in [5.41, 5.74) is 6.99. The molecule has 0 bridgehead atoms. The van der Waals surface area contributed by atoms with Gasteiger partial charge in [0.2, 0.25) is 0 Å². The molecule has 0 aromatic carbocycles. The van der Waals surface area contributed by atoms with Crippen molar-refractivity contribution in [3.63, 3.8) is 0 Å². The minimum Gasteiger partial charge on any atom is -0.389 e. The molecule has 3 nitrogen and oxygen atoms in total. The minimum absolute atomic E-state index is 0.0582. The molecule has 1 heterocycles. The monoisotopic (exact) mass is 252 g/mol. The Balaban J connectivity index is 3.31. The maximum atomic E-state index is 12.2. The number of hydrogen-bond acceptors (Lipinski definition) is 2. The van der Waals surface area contributed by atoms with Crippen LogP contribution in [0.2, 0.25) is 0 Å². The summed E-state index contributed by atoms with van der Waals surface area (Å²) in [5.74, 6) is 0.319. The topological polar surface area (TPSA) is 48.0 Å². The number of rotatable bonds is 5. The SMILES string of the molecule is CCCCn1c(C(C)C)ccc(C(N)=S)c1=O. The first kappa shape index (κ1) is 13.9. The van der Waals surface area contributed by atoms with Crippen molar-refractivity contribution in [2.45, 2.75) is 46.1 Å². The highest BCUT2D eigenvalue weighted by Gasteiger charge is 2.12. The second-order valence-corrected chi connectivity index (χ2v) is 4.94. The fourth-order valence-electron chi connectivity index (χ4n) is 1.83. The molecule has 17 heavy (non-hydrogen) atoms. The molecule has 0 spiro atoms. The normalized spacial score (nSPS) is 10.8. The van der Waals surface area contributed by atoms with Gasteiger partial charge in [0, 0.05) is 12.2 Å².